The lowest BCUT2D eigenvalue weighted by atomic mass is 10.1. The van der Waals surface area contributed by atoms with E-state index in [1.54, 1.807) is 0 Å². The number of ether oxygens (including phenoxy) is 2. The maximum Gasteiger partial charge on any atom is 0.231 e. The van der Waals surface area contributed by atoms with Crippen LogP contribution in [0.25, 0.3) is 10.8 Å². The molecule has 1 aliphatic heterocycles. The molecule has 2 aromatic rings. The summed E-state index contributed by atoms with van der Waals surface area (Å²) in [4.78, 5) is 4.35. The number of aromatic nitrogens is 1. The van der Waals surface area contributed by atoms with Gasteiger partial charge in [-0.15, -0.1) is 0 Å². The van der Waals surface area contributed by atoms with Crippen molar-refractivity contribution in [3.8, 4) is 11.5 Å². The third-order valence-electron chi connectivity index (χ3n) is 2.48. The minimum absolute atomic E-state index is 0.305. The van der Waals surface area contributed by atoms with E-state index in [2.05, 4.69) is 20.9 Å². The first-order valence-electron chi connectivity index (χ1n) is 4.60. The average molecular weight is 266 g/mol. The second-order valence-electron chi connectivity index (χ2n) is 3.46. The summed E-state index contributed by atoms with van der Waals surface area (Å²) < 4.78 is 11.5. The number of aryl methyl sites for hydroxylation is 1. The third-order valence-corrected chi connectivity index (χ3v) is 2.89. The molecule has 0 aliphatic carbocycles. The molecule has 0 bridgehead atoms. The Kier molecular flexibility index (Phi) is 1.85. The molecule has 0 radical (unpaired) electrons. The van der Waals surface area contributed by atoms with E-state index in [9.17, 15) is 0 Å². The largest absolute Gasteiger partial charge is 0.454 e. The molecule has 0 saturated heterocycles. The second-order valence-corrected chi connectivity index (χ2v) is 4.27. The third kappa shape index (κ3) is 1.36. The van der Waals surface area contributed by atoms with Gasteiger partial charge in [0, 0.05) is 11.1 Å². The van der Waals surface area contributed by atoms with Crippen molar-refractivity contribution in [3.63, 3.8) is 0 Å². The van der Waals surface area contributed by atoms with Crippen molar-refractivity contribution in [1.29, 1.82) is 0 Å². The van der Waals surface area contributed by atoms with Crippen LogP contribution in [0, 0.1) is 6.92 Å². The summed E-state index contributed by atoms with van der Waals surface area (Å²) >= 11 is 3.38. The molecule has 2 heterocycles. The minimum atomic E-state index is 0.305. The van der Waals surface area contributed by atoms with Crippen LogP contribution in [0.1, 0.15) is 5.69 Å². The van der Waals surface area contributed by atoms with E-state index < -0.39 is 0 Å². The van der Waals surface area contributed by atoms with Crippen molar-refractivity contribution in [1.82, 2.24) is 4.98 Å². The van der Waals surface area contributed by atoms with Crippen molar-refractivity contribution in [2.45, 2.75) is 6.92 Å². The lowest BCUT2D eigenvalue weighted by molar-refractivity contribution is 0.174. The molecule has 3 nitrogen and oxygen atoms in total. The number of rotatable bonds is 0. The van der Waals surface area contributed by atoms with E-state index >= 15 is 0 Å². The number of hydrogen-bond acceptors (Lipinski definition) is 3. The van der Waals surface area contributed by atoms with Crippen LogP contribution in [0.3, 0.4) is 0 Å². The van der Waals surface area contributed by atoms with Gasteiger partial charge in [-0.05, 0) is 46.4 Å². The van der Waals surface area contributed by atoms with Crippen LogP contribution in [0.5, 0.6) is 11.5 Å². The number of hydrogen-bond donors (Lipinski definition) is 0. The summed E-state index contributed by atoms with van der Waals surface area (Å²) in [6.07, 6.45) is 0. The summed E-state index contributed by atoms with van der Waals surface area (Å²) in [5, 5.41) is 2.21. The van der Waals surface area contributed by atoms with Crippen LogP contribution < -0.4 is 9.47 Å². The molecule has 4 heteroatoms. The summed E-state index contributed by atoms with van der Waals surface area (Å²) in [7, 11) is 0. The molecule has 0 unspecified atom stereocenters. The number of halogens is 1. The highest BCUT2D eigenvalue weighted by Gasteiger charge is 2.15. The van der Waals surface area contributed by atoms with Crippen LogP contribution in [0.2, 0.25) is 0 Å². The lowest BCUT2D eigenvalue weighted by Gasteiger charge is -2.04. The minimum Gasteiger partial charge on any atom is -0.454 e. The van der Waals surface area contributed by atoms with Crippen molar-refractivity contribution < 1.29 is 9.47 Å². The van der Waals surface area contributed by atoms with Gasteiger partial charge in [-0.1, -0.05) is 0 Å². The smallest absolute Gasteiger partial charge is 0.231 e. The number of benzene rings is 1. The van der Waals surface area contributed by atoms with Crippen molar-refractivity contribution in [2.24, 2.45) is 0 Å². The Morgan fingerprint density at radius 1 is 1.20 bits per heavy atom. The first kappa shape index (κ1) is 8.97. The van der Waals surface area contributed by atoms with E-state index in [4.69, 9.17) is 9.47 Å². The van der Waals surface area contributed by atoms with Crippen LogP contribution >= 0.6 is 15.9 Å². The molecule has 1 aliphatic rings. The fraction of sp³-hybridized carbons (Fsp3) is 0.182. The zero-order chi connectivity index (χ0) is 10.4. The lowest BCUT2D eigenvalue weighted by Crippen LogP contribution is -1.92. The normalized spacial score (nSPS) is 13.5. The van der Waals surface area contributed by atoms with Crippen LogP contribution in [0.15, 0.2) is 22.8 Å². The molecule has 15 heavy (non-hydrogen) atoms. The van der Waals surface area contributed by atoms with E-state index in [-0.39, 0.29) is 0 Å². The summed E-state index contributed by atoms with van der Waals surface area (Å²) in [5.41, 5.74) is 0.984. The Bertz CT molecular complexity index is 554. The summed E-state index contributed by atoms with van der Waals surface area (Å²) in [6.45, 7) is 2.29. The molecule has 1 aromatic carbocycles. The zero-order valence-electron chi connectivity index (χ0n) is 8.08. The predicted molar refractivity (Wildman–Crippen MR) is 60.3 cm³/mol. The zero-order valence-corrected chi connectivity index (χ0v) is 9.67. The maximum absolute atomic E-state index is 5.33. The van der Waals surface area contributed by atoms with Gasteiger partial charge in [-0.25, -0.2) is 4.98 Å². The van der Waals surface area contributed by atoms with E-state index in [0.29, 0.717) is 6.79 Å². The molecule has 76 valence electrons. The SMILES string of the molecule is Cc1nc(Br)cc2cc3c(cc12)OCO3. The van der Waals surface area contributed by atoms with E-state index in [1.165, 1.54) is 0 Å². The molecule has 0 saturated carbocycles. The Morgan fingerprint density at radius 3 is 2.73 bits per heavy atom. The van der Waals surface area contributed by atoms with E-state index in [0.717, 1.165) is 32.6 Å². The first-order chi connectivity index (χ1) is 7.24. The van der Waals surface area contributed by atoms with Gasteiger partial charge < -0.3 is 9.47 Å². The fourth-order valence-corrected chi connectivity index (χ4v) is 2.28. The molecule has 0 N–H and O–H groups in total. The monoisotopic (exact) mass is 265 g/mol. The Morgan fingerprint density at radius 2 is 1.93 bits per heavy atom. The van der Waals surface area contributed by atoms with Gasteiger partial charge in [0.15, 0.2) is 11.5 Å². The molecule has 0 amide bonds. The van der Waals surface area contributed by atoms with Gasteiger partial charge in [0.05, 0.1) is 0 Å². The molecular formula is C11H8BrNO2. The van der Waals surface area contributed by atoms with Crippen LogP contribution in [0.4, 0.5) is 0 Å². The van der Waals surface area contributed by atoms with Gasteiger partial charge >= 0.3 is 0 Å². The molecule has 1 aromatic heterocycles. The summed E-state index contributed by atoms with van der Waals surface area (Å²) in [5.74, 6) is 1.61. The van der Waals surface area contributed by atoms with E-state index in [1.807, 2.05) is 25.1 Å². The summed E-state index contributed by atoms with van der Waals surface area (Å²) in [6, 6.07) is 5.94. The van der Waals surface area contributed by atoms with Gasteiger partial charge in [0.2, 0.25) is 6.79 Å². The Balaban J connectivity index is 2.38. The first-order valence-corrected chi connectivity index (χ1v) is 5.40. The Labute approximate surface area is 95.2 Å². The van der Waals surface area contributed by atoms with Crippen molar-refractivity contribution in [3.05, 3.63) is 28.5 Å². The maximum atomic E-state index is 5.33. The predicted octanol–water partition coefficient (Wildman–Crippen LogP) is 3.03. The van der Waals surface area contributed by atoms with Crippen LogP contribution in [-0.2, 0) is 0 Å². The van der Waals surface area contributed by atoms with Crippen LogP contribution in [-0.4, -0.2) is 11.8 Å². The molecule has 3 rings (SSSR count). The quantitative estimate of drug-likeness (QED) is 0.687. The molecular weight excluding hydrogens is 258 g/mol. The number of fused-ring (bicyclic) bond motifs is 2. The van der Waals surface area contributed by atoms with Gasteiger partial charge in [0.25, 0.3) is 0 Å². The fourth-order valence-electron chi connectivity index (χ4n) is 1.77. The molecule has 0 atom stereocenters. The van der Waals surface area contributed by atoms with Gasteiger partial charge in [-0.2, -0.15) is 0 Å². The van der Waals surface area contributed by atoms with Gasteiger partial charge in [-0.3, -0.25) is 0 Å². The Hall–Kier alpha value is -1.29. The highest BCUT2D eigenvalue weighted by atomic mass is 79.9. The molecule has 0 spiro atoms. The topological polar surface area (TPSA) is 31.4 Å². The van der Waals surface area contributed by atoms with Gasteiger partial charge in [0.1, 0.15) is 4.60 Å². The van der Waals surface area contributed by atoms with Crippen molar-refractivity contribution >= 4 is 26.7 Å². The average Bonchev–Trinajstić information content (AvgIpc) is 2.61. The highest BCUT2D eigenvalue weighted by Crippen LogP contribution is 2.37. The second kappa shape index (κ2) is 3.10. The number of nitrogens with zero attached hydrogens (tertiary/aromatic N) is 1. The molecule has 0 fully saturated rings. The standard InChI is InChI=1S/C11H8BrNO2/c1-6-8-4-10-9(14-5-15-10)2-7(8)3-11(12)13-6/h2-4H,5H2,1H3. The number of pyridine rings is 1. The van der Waals surface area contributed by atoms with Crippen molar-refractivity contribution in [2.75, 3.05) is 6.79 Å². The highest BCUT2D eigenvalue weighted by molar-refractivity contribution is 9.10.